The molecular formula is C22H27N5O2. The number of nitrogens with zero attached hydrogens (tertiary/aromatic N) is 3. The molecule has 0 saturated carbocycles. The molecule has 3 aromatic rings. The van der Waals surface area contributed by atoms with Gasteiger partial charge in [0.15, 0.2) is 11.4 Å². The van der Waals surface area contributed by atoms with Crippen LogP contribution in [0.2, 0.25) is 0 Å². The van der Waals surface area contributed by atoms with Crippen molar-refractivity contribution >= 4 is 28.5 Å². The minimum absolute atomic E-state index is 0.116. The summed E-state index contributed by atoms with van der Waals surface area (Å²) in [6.45, 7) is 5.93. The Labute approximate surface area is 170 Å². The van der Waals surface area contributed by atoms with Gasteiger partial charge in [0, 0.05) is 55.4 Å². The third kappa shape index (κ3) is 3.82. The second-order valence-corrected chi connectivity index (χ2v) is 8.00. The van der Waals surface area contributed by atoms with Crippen LogP contribution in [-0.2, 0) is 12.8 Å². The minimum atomic E-state index is -0.124. The lowest BCUT2D eigenvalue weighted by molar-refractivity contribution is 0.0994. The van der Waals surface area contributed by atoms with E-state index >= 15 is 0 Å². The number of anilines is 2. The van der Waals surface area contributed by atoms with Gasteiger partial charge in [0.25, 0.3) is 0 Å². The van der Waals surface area contributed by atoms with Gasteiger partial charge in [-0.2, -0.15) is 0 Å². The van der Waals surface area contributed by atoms with Crippen molar-refractivity contribution in [3.63, 3.8) is 0 Å². The number of furan rings is 1. The van der Waals surface area contributed by atoms with Crippen molar-refractivity contribution in [2.75, 3.05) is 23.7 Å². The number of piperidine rings is 1. The van der Waals surface area contributed by atoms with Crippen LogP contribution < -0.4 is 16.4 Å². The van der Waals surface area contributed by atoms with E-state index in [2.05, 4.69) is 21.8 Å². The predicted molar refractivity (Wildman–Crippen MR) is 114 cm³/mol. The Hall–Kier alpha value is -2.93. The fraction of sp³-hybridized carbons (Fsp3) is 0.409. The van der Waals surface area contributed by atoms with Crippen LogP contribution in [0.5, 0.6) is 0 Å². The summed E-state index contributed by atoms with van der Waals surface area (Å²) in [5.74, 6) is 0.493. The second kappa shape index (κ2) is 7.83. The highest BCUT2D eigenvalue weighted by Crippen LogP contribution is 2.30. The molecule has 29 heavy (non-hydrogen) atoms. The topological polar surface area (TPSA) is 111 Å². The molecule has 0 bridgehead atoms. The lowest BCUT2D eigenvalue weighted by Crippen LogP contribution is -2.46. The molecule has 0 amide bonds. The highest BCUT2D eigenvalue weighted by molar-refractivity contribution is 6.10. The van der Waals surface area contributed by atoms with E-state index in [-0.39, 0.29) is 24.1 Å². The van der Waals surface area contributed by atoms with Crippen LogP contribution in [0.15, 0.2) is 35.1 Å². The number of aryl methyl sites for hydroxylation is 1. The maximum Gasteiger partial charge on any atom is 0.204 e. The molecule has 0 radical (unpaired) electrons. The molecule has 1 saturated heterocycles. The third-order valence-corrected chi connectivity index (χ3v) is 5.56. The number of carbonyl (C=O) groups excluding carboxylic acids is 1. The number of hydrogen-bond acceptors (Lipinski definition) is 7. The predicted octanol–water partition coefficient (Wildman–Crippen LogP) is 2.97. The lowest BCUT2D eigenvalue weighted by Gasteiger charge is -2.37. The number of nitrogen functional groups attached to an aromatic ring is 1. The zero-order chi connectivity index (χ0) is 20.5. The van der Waals surface area contributed by atoms with E-state index < -0.39 is 0 Å². The number of aromatic nitrogens is 2. The first kappa shape index (κ1) is 19.4. The number of hydrogen-bond donors (Lipinski definition) is 2. The summed E-state index contributed by atoms with van der Waals surface area (Å²) in [4.78, 5) is 24.1. The van der Waals surface area contributed by atoms with Crippen molar-refractivity contribution in [2.45, 2.75) is 39.2 Å². The van der Waals surface area contributed by atoms with Crippen molar-refractivity contribution in [3.05, 3.63) is 47.4 Å². The summed E-state index contributed by atoms with van der Waals surface area (Å²) < 4.78 is 5.63. The molecule has 1 aliphatic rings. The molecule has 0 spiro atoms. The van der Waals surface area contributed by atoms with Gasteiger partial charge in [-0.25, -0.2) is 0 Å². The highest BCUT2D eigenvalue weighted by Gasteiger charge is 2.26. The number of rotatable bonds is 5. The van der Waals surface area contributed by atoms with Gasteiger partial charge in [0.05, 0.1) is 0 Å². The van der Waals surface area contributed by atoms with E-state index in [0.29, 0.717) is 22.6 Å². The van der Waals surface area contributed by atoms with Crippen molar-refractivity contribution in [2.24, 2.45) is 11.7 Å². The molecule has 3 aromatic heterocycles. The number of Topliss-reactive ketones (excluding diaryl/α,β-unsaturated/α-hetero) is 1. The van der Waals surface area contributed by atoms with Gasteiger partial charge in [-0.15, -0.1) is 0 Å². The van der Waals surface area contributed by atoms with E-state index in [1.54, 1.807) is 18.6 Å². The molecule has 4 rings (SSSR count). The molecule has 4 heterocycles. The first-order valence-corrected chi connectivity index (χ1v) is 10.1. The van der Waals surface area contributed by atoms with Crippen molar-refractivity contribution < 1.29 is 9.21 Å². The van der Waals surface area contributed by atoms with Gasteiger partial charge in [-0.1, -0.05) is 13.8 Å². The Balaban J connectivity index is 1.65. The average molecular weight is 393 g/mol. The van der Waals surface area contributed by atoms with Crippen LogP contribution in [0.1, 0.15) is 41.8 Å². The SMILES string of the molecule is CCc1cnc2c(C(=O)Cc3cnccc3N3C[C@H](C)C[C@H](N)C3)c(N)oc2c1. The van der Waals surface area contributed by atoms with Gasteiger partial charge in [-0.05, 0) is 36.5 Å². The lowest BCUT2D eigenvalue weighted by atomic mass is 9.95. The molecule has 2 atom stereocenters. The smallest absolute Gasteiger partial charge is 0.204 e. The zero-order valence-electron chi connectivity index (χ0n) is 16.9. The second-order valence-electron chi connectivity index (χ2n) is 8.00. The van der Waals surface area contributed by atoms with Gasteiger partial charge < -0.3 is 20.8 Å². The number of ketones is 1. The number of carbonyl (C=O) groups is 1. The van der Waals surface area contributed by atoms with Crippen molar-refractivity contribution in [1.82, 2.24) is 9.97 Å². The summed E-state index contributed by atoms with van der Waals surface area (Å²) in [5.41, 5.74) is 16.6. The van der Waals surface area contributed by atoms with E-state index in [1.165, 1.54) is 0 Å². The van der Waals surface area contributed by atoms with Crippen LogP contribution in [0.25, 0.3) is 11.1 Å². The van der Waals surface area contributed by atoms with Crippen molar-refractivity contribution in [3.8, 4) is 0 Å². The summed E-state index contributed by atoms with van der Waals surface area (Å²) in [5, 5.41) is 0. The molecule has 1 aliphatic heterocycles. The van der Waals surface area contributed by atoms with Crippen LogP contribution in [0, 0.1) is 5.92 Å². The molecule has 7 nitrogen and oxygen atoms in total. The fourth-order valence-electron chi connectivity index (χ4n) is 4.22. The molecule has 7 heteroatoms. The maximum absolute atomic E-state index is 13.2. The molecule has 4 N–H and O–H groups in total. The van der Waals surface area contributed by atoms with Crippen LogP contribution in [-0.4, -0.2) is 34.9 Å². The van der Waals surface area contributed by atoms with Crippen LogP contribution in [0.4, 0.5) is 11.6 Å². The standard InChI is InChI=1S/C22H27N5O2/c1-3-14-7-19-21(26-9-14)20(22(24)29-19)18(28)8-15-10-25-5-4-17(15)27-11-13(2)6-16(23)12-27/h4-5,7,9-10,13,16H,3,6,8,11-12,23-24H2,1-2H3/t13-,16+/m1/s1. The Morgan fingerprint density at radius 3 is 2.93 bits per heavy atom. The maximum atomic E-state index is 13.2. The van der Waals surface area contributed by atoms with Gasteiger partial charge in [0.2, 0.25) is 5.88 Å². The van der Waals surface area contributed by atoms with Crippen molar-refractivity contribution in [1.29, 1.82) is 0 Å². The summed E-state index contributed by atoms with van der Waals surface area (Å²) in [6.07, 6.45) is 7.29. The first-order chi connectivity index (χ1) is 14.0. The highest BCUT2D eigenvalue weighted by atomic mass is 16.3. The number of nitrogens with two attached hydrogens (primary N) is 2. The molecule has 0 unspecified atom stereocenters. The Morgan fingerprint density at radius 1 is 1.34 bits per heavy atom. The van der Waals surface area contributed by atoms with E-state index in [4.69, 9.17) is 15.9 Å². The average Bonchev–Trinajstić information content (AvgIpc) is 3.02. The van der Waals surface area contributed by atoms with Crippen LogP contribution in [0.3, 0.4) is 0 Å². The summed E-state index contributed by atoms with van der Waals surface area (Å²) in [6, 6.07) is 3.97. The van der Waals surface area contributed by atoms with Gasteiger partial charge in [-0.3, -0.25) is 14.8 Å². The zero-order valence-corrected chi connectivity index (χ0v) is 16.9. The largest absolute Gasteiger partial charge is 0.438 e. The molecule has 0 aliphatic carbocycles. The third-order valence-electron chi connectivity index (χ3n) is 5.56. The summed E-state index contributed by atoms with van der Waals surface area (Å²) in [7, 11) is 0. The Bertz CT molecular complexity index is 1030. The van der Waals surface area contributed by atoms with E-state index in [9.17, 15) is 4.79 Å². The molecule has 0 aromatic carbocycles. The Morgan fingerprint density at radius 2 is 2.17 bits per heavy atom. The monoisotopic (exact) mass is 393 g/mol. The molecule has 1 fully saturated rings. The molecular weight excluding hydrogens is 366 g/mol. The fourth-order valence-corrected chi connectivity index (χ4v) is 4.22. The van der Waals surface area contributed by atoms with Gasteiger partial charge >= 0.3 is 0 Å². The quantitative estimate of drug-likeness (QED) is 0.641. The molecule has 152 valence electrons. The van der Waals surface area contributed by atoms with Gasteiger partial charge in [0.1, 0.15) is 11.1 Å². The first-order valence-electron chi connectivity index (χ1n) is 10.1. The van der Waals surface area contributed by atoms with E-state index in [1.807, 2.05) is 19.1 Å². The normalized spacial score (nSPS) is 19.6. The number of pyridine rings is 2. The van der Waals surface area contributed by atoms with Crippen LogP contribution >= 0.6 is 0 Å². The minimum Gasteiger partial charge on any atom is -0.438 e. The number of fused-ring (bicyclic) bond motifs is 1. The van der Waals surface area contributed by atoms with E-state index in [0.717, 1.165) is 42.7 Å². The Kier molecular flexibility index (Phi) is 5.24. The summed E-state index contributed by atoms with van der Waals surface area (Å²) >= 11 is 0.